The van der Waals surface area contributed by atoms with E-state index in [9.17, 15) is 15.0 Å². The smallest absolute Gasteiger partial charge is 0.219 e. The van der Waals surface area contributed by atoms with Crippen LogP contribution in [0.2, 0.25) is 0 Å². The van der Waals surface area contributed by atoms with Crippen LogP contribution in [-0.4, -0.2) is 70.9 Å². The molecule has 2 N–H and O–H groups in total. The van der Waals surface area contributed by atoms with Crippen LogP contribution in [0.1, 0.15) is 45.4 Å². The largest absolute Gasteiger partial charge is 0.396 e. The van der Waals surface area contributed by atoms with Gasteiger partial charge in [-0.1, -0.05) is 25.7 Å². The molecule has 0 unspecified atom stereocenters. The van der Waals surface area contributed by atoms with Crippen LogP contribution >= 0.6 is 0 Å². The highest BCUT2D eigenvalue weighted by Gasteiger charge is 2.32. The Morgan fingerprint density at radius 2 is 1.81 bits per heavy atom. The Kier molecular flexibility index (Phi) is 6.02. The maximum atomic E-state index is 11.6. The van der Waals surface area contributed by atoms with Gasteiger partial charge in [0.15, 0.2) is 0 Å². The molecule has 1 heterocycles. The van der Waals surface area contributed by atoms with E-state index in [0.717, 1.165) is 38.8 Å². The van der Waals surface area contributed by atoms with Crippen molar-refractivity contribution in [2.75, 3.05) is 39.3 Å². The van der Waals surface area contributed by atoms with Crippen molar-refractivity contribution < 1.29 is 15.0 Å². The Balaban J connectivity index is 1.96. The van der Waals surface area contributed by atoms with Gasteiger partial charge in [0.25, 0.3) is 0 Å². The molecule has 5 nitrogen and oxygen atoms in total. The van der Waals surface area contributed by atoms with Crippen LogP contribution in [-0.2, 0) is 4.79 Å². The van der Waals surface area contributed by atoms with Gasteiger partial charge in [0, 0.05) is 52.2 Å². The minimum atomic E-state index is -0.581. The lowest BCUT2D eigenvalue weighted by Crippen LogP contribution is -2.45. The van der Waals surface area contributed by atoms with Crippen LogP contribution in [0.5, 0.6) is 0 Å². The zero-order valence-corrected chi connectivity index (χ0v) is 13.3. The second kappa shape index (κ2) is 7.56. The van der Waals surface area contributed by atoms with Gasteiger partial charge in [0.05, 0.1) is 5.60 Å². The second-order valence-electron chi connectivity index (χ2n) is 6.89. The third-order valence-corrected chi connectivity index (χ3v) is 4.94. The van der Waals surface area contributed by atoms with E-state index in [4.69, 9.17) is 0 Å². The molecule has 1 saturated carbocycles. The minimum absolute atomic E-state index is 0.0727. The molecular formula is C16H30N2O3. The maximum Gasteiger partial charge on any atom is 0.219 e. The van der Waals surface area contributed by atoms with E-state index in [0.29, 0.717) is 19.6 Å². The fraction of sp³-hybridized carbons (Fsp3) is 0.938. The van der Waals surface area contributed by atoms with Crippen molar-refractivity contribution in [3.05, 3.63) is 0 Å². The number of aliphatic hydroxyl groups excluding tert-OH is 1. The number of amides is 1. The van der Waals surface area contributed by atoms with Crippen molar-refractivity contribution in [2.24, 2.45) is 5.92 Å². The number of hydrogen-bond donors (Lipinski definition) is 2. The Morgan fingerprint density at radius 1 is 1.14 bits per heavy atom. The highest BCUT2D eigenvalue weighted by Crippen LogP contribution is 2.28. The molecular weight excluding hydrogens is 268 g/mol. The first-order valence-electron chi connectivity index (χ1n) is 8.33. The molecule has 0 aromatic rings. The first kappa shape index (κ1) is 16.7. The summed E-state index contributed by atoms with van der Waals surface area (Å²) in [4.78, 5) is 15.7. The molecule has 0 bridgehead atoms. The van der Waals surface area contributed by atoms with Gasteiger partial charge in [-0.2, -0.15) is 0 Å². The van der Waals surface area contributed by atoms with Gasteiger partial charge in [-0.3, -0.25) is 9.69 Å². The average Bonchev–Trinajstić information content (AvgIpc) is 2.77. The monoisotopic (exact) mass is 298 g/mol. The summed E-state index contributed by atoms with van der Waals surface area (Å²) in [6, 6.07) is 0. The van der Waals surface area contributed by atoms with E-state index in [1.54, 1.807) is 6.92 Å². The molecule has 2 rings (SSSR count). The lowest BCUT2D eigenvalue weighted by molar-refractivity contribution is -0.129. The van der Waals surface area contributed by atoms with Gasteiger partial charge >= 0.3 is 0 Å². The molecule has 21 heavy (non-hydrogen) atoms. The molecule has 0 radical (unpaired) electrons. The quantitative estimate of drug-likeness (QED) is 0.758. The third kappa shape index (κ3) is 4.94. The zero-order chi connectivity index (χ0) is 15.3. The number of rotatable bonds is 3. The number of carbonyl (C=O) groups excluding carboxylic acids is 1. The highest BCUT2D eigenvalue weighted by molar-refractivity contribution is 5.73. The maximum absolute atomic E-state index is 11.6. The Hall–Kier alpha value is -0.650. The molecule has 0 aromatic carbocycles. The predicted molar refractivity (Wildman–Crippen MR) is 81.9 cm³/mol. The molecule has 2 aliphatic rings. The first-order valence-corrected chi connectivity index (χ1v) is 8.33. The van der Waals surface area contributed by atoms with Gasteiger partial charge in [0.2, 0.25) is 5.91 Å². The van der Waals surface area contributed by atoms with Crippen molar-refractivity contribution in [2.45, 2.75) is 51.0 Å². The molecule has 122 valence electrons. The van der Waals surface area contributed by atoms with Crippen molar-refractivity contribution in [3.8, 4) is 0 Å². The van der Waals surface area contributed by atoms with Crippen molar-refractivity contribution >= 4 is 5.91 Å². The standard InChI is InChI=1S/C16H30N2O3/c1-14(20)18-9-8-17(10-15(11-18)12-19)13-16(21)6-4-2-3-5-7-16/h15,19,21H,2-13H2,1H3/t15-/m1/s1. The number of nitrogens with zero attached hydrogens (tertiary/aromatic N) is 2. The third-order valence-electron chi connectivity index (χ3n) is 4.94. The molecule has 1 amide bonds. The van der Waals surface area contributed by atoms with Crippen molar-refractivity contribution in [1.82, 2.24) is 9.80 Å². The van der Waals surface area contributed by atoms with Crippen molar-refractivity contribution in [3.63, 3.8) is 0 Å². The summed E-state index contributed by atoms with van der Waals surface area (Å²) in [7, 11) is 0. The number of β-amino-alcohol motifs (C(OH)–C–C–N with tert-alkyl or cyclic N) is 1. The summed E-state index contributed by atoms with van der Waals surface area (Å²) in [5.74, 6) is 0.161. The van der Waals surface area contributed by atoms with Crippen LogP contribution in [0.25, 0.3) is 0 Å². The SMILES string of the molecule is CC(=O)N1CCN(CC2(O)CCCCCC2)C[C@@H](CO)C1. The van der Waals surface area contributed by atoms with Crippen LogP contribution in [0.4, 0.5) is 0 Å². The van der Waals surface area contributed by atoms with Gasteiger partial charge in [-0.05, 0) is 12.8 Å². The predicted octanol–water partition coefficient (Wildman–Crippen LogP) is 0.844. The van der Waals surface area contributed by atoms with Crippen LogP contribution in [0.3, 0.4) is 0 Å². The van der Waals surface area contributed by atoms with Crippen molar-refractivity contribution in [1.29, 1.82) is 0 Å². The summed E-state index contributed by atoms with van der Waals surface area (Å²) in [5, 5.41) is 20.4. The summed E-state index contributed by atoms with van der Waals surface area (Å²) < 4.78 is 0. The van der Waals surface area contributed by atoms with E-state index in [2.05, 4.69) is 4.90 Å². The zero-order valence-electron chi connectivity index (χ0n) is 13.3. The second-order valence-corrected chi connectivity index (χ2v) is 6.89. The minimum Gasteiger partial charge on any atom is -0.396 e. The van der Waals surface area contributed by atoms with E-state index in [-0.39, 0.29) is 18.4 Å². The van der Waals surface area contributed by atoms with E-state index >= 15 is 0 Å². The number of hydrogen-bond acceptors (Lipinski definition) is 4. The Bertz CT molecular complexity index is 340. The van der Waals surface area contributed by atoms with Gasteiger partial charge in [-0.15, -0.1) is 0 Å². The fourth-order valence-electron chi connectivity index (χ4n) is 3.69. The Morgan fingerprint density at radius 3 is 2.38 bits per heavy atom. The van der Waals surface area contributed by atoms with E-state index in [1.807, 2.05) is 4.90 Å². The Labute approximate surface area is 127 Å². The molecule has 5 heteroatoms. The lowest BCUT2D eigenvalue weighted by Gasteiger charge is -2.34. The molecule has 0 aromatic heterocycles. The molecule has 1 atom stereocenters. The topological polar surface area (TPSA) is 64.0 Å². The summed E-state index contributed by atoms with van der Waals surface area (Å²) in [5.41, 5.74) is -0.581. The van der Waals surface area contributed by atoms with Gasteiger partial charge < -0.3 is 15.1 Å². The molecule has 0 spiro atoms. The van der Waals surface area contributed by atoms with Gasteiger partial charge in [0.1, 0.15) is 0 Å². The van der Waals surface area contributed by atoms with E-state index < -0.39 is 5.60 Å². The van der Waals surface area contributed by atoms with Crippen LogP contribution in [0.15, 0.2) is 0 Å². The highest BCUT2D eigenvalue weighted by atomic mass is 16.3. The molecule has 2 fully saturated rings. The van der Waals surface area contributed by atoms with Crippen LogP contribution < -0.4 is 0 Å². The fourth-order valence-corrected chi connectivity index (χ4v) is 3.69. The summed E-state index contributed by atoms with van der Waals surface area (Å²) >= 11 is 0. The number of aliphatic hydroxyl groups is 2. The van der Waals surface area contributed by atoms with Crippen LogP contribution in [0, 0.1) is 5.92 Å². The van der Waals surface area contributed by atoms with E-state index in [1.165, 1.54) is 12.8 Å². The molecule has 1 aliphatic carbocycles. The number of carbonyl (C=O) groups is 1. The first-order chi connectivity index (χ1) is 10.0. The summed E-state index contributed by atoms with van der Waals surface area (Å²) in [6.07, 6.45) is 6.41. The normalized spacial score (nSPS) is 28.0. The molecule has 1 saturated heterocycles. The average molecular weight is 298 g/mol. The van der Waals surface area contributed by atoms with Gasteiger partial charge in [-0.25, -0.2) is 0 Å². The lowest BCUT2D eigenvalue weighted by atomic mass is 9.93. The molecule has 1 aliphatic heterocycles. The summed E-state index contributed by atoms with van der Waals surface area (Å²) in [6.45, 7) is 5.24.